The summed E-state index contributed by atoms with van der Waals surface area (Å²) in [6.07, 6.45) is 8.43. The van der Waals surface area contributed by atoms with Crippen LogP contribution in [0.3, 0.4) is 0 Å². The van der Waals surface area contributed by atoms with E-state index in [1.54, 1.807) is 0 Å². The topological polar surface area (TPSA) is 32.3 Å². The Bertz CT molecular complexity index is 890. The molecule has 138 valence electrons. The fraction of sp³-hybridized carbons (Fsp3) is 0.292. The average molecular weight is 358 g/mol. The molecular formula is C24H26N2O. The van der Waals surface area contributed by atoms with Crippen molar-refractivity contribution in [1.29, 1.82) is 0 Å². The van der Waals surface area contributed by atoms with E-state index in [-0.39, 0.29) is 5.91 Å². The quantitative estimate of drug-likeness (QED) is 0.800. The van der Waals surface area contributed by atoms with Crippen molar-refractivity contribution in [2.45, 2.75) is 32.6 Å². The van der Waals surface area contributed by atoms with Crippen LogP contribution in [0.5, 0.6) is 0 Å². The molecule has 1 aliphatic carbocycles. The van der Waals surface area contributed by atoms with Gasteiger partial charge in [0.15, 0.2) is 0 Å². The van der Waals surface area contributed by atoms with Crippen molar-refractivity contribution in [1.82, 2.24) is 0 Å². The van der Waals surface area contributed by atoms with E-state index in [0.717, 1.165) is 53.9 Å². The van der Waals surface area contributed by atoms with Crippen molar-refractivity contribution in [2.24, 2.45) is 0 Å². The third kappa shape index (κ3) is 3.68. The summed E-state index contributed by atoms with van der Waals surface area (Å²) in [4.78, 5) is 15.5. The third-order valence-corrected chi connectivity index (χ3v) is 5.54. The summed E-state index contributed by atoms with van der Waals surface area (Å²) in [5.41, 5.74) is 6.33. The van der Waals surface area contributed by atoms with Gasteiger partial charge in [-0.3, -0.25) is 4.79 Å². The lowest BCUT2D eigenvalue weighted by Crippen LogP contribution is -2.21. The summed E-state index contributed by atoms with van der Waals surface area (Å²) in [5.74, 6) is -0.0218. The molecular weight excluding hydrogens is 332 g/mol. The SMILES string of the molecule is Cc1c(NC(=O)C2=C(c3ccccc3)CCC=C2)cccc1N1CCCC1. The van der Waals surface area contributed by atoms with Gasteiger partial charge in [0, 0.05) is 30.0 Å². The van der Waals surface area contributed by atoms with Crippen LogP contribution >= 0.6 is 0 Å². The molecule has 2 aromatic carbocycles. The highest BCUT2D eigenvalue weighted by atomic mass is 16.1. The van der Waals surface area contributed by atoms with E-state index >= 15 is 0 Å². The number of rotatable bonds is 4. The second kappa shape index (κ2) is 7.83. The van der Waals surface area contributed by atoms with Crippen LogP contribution in [0, 0.1) is 6.92 Å². The first kappa shape index (κ1) is 17.6. The van der Waals surface area contributed by atoms with Crippen molar-refractivity contribution in [3.05, 3.63) is 77.4 Å². The van der Waals surface area contributed by atoms with Gasteiger partial charge in [0.05, 0.1) is 0 Å². The molecule has 0 bridgehead atoms. The minimum absolute atomic E-state index is 0.0218. The minimum atomic E-state index is -0.0218. The molecule has 0 atom stereocenters. The molecule has 0 aromatic heterocycles. The number of hydrogen-bond donors (Lipinski definition) is 1. The van der Waals surface area contributed by atoms with Gasteiger partial charge in [0.2, 0.25) is 0 Å². The van der Waals surface area contributed by atoms with E-state index in [2.05, 4.69) is 41.4 Å². The van der Waals surface area contributed by atoms with E-state index in [4.69, 9.17) is 0 Å². The lowest BCUT2D eigenvalue weighted by molar-refractivity contribution is -0.112. The molecule has 0 unspecified atom stereocenters. The fourth-order valence-electron chi connectivity index (χ4n) is 4.07. The maximum absolute atomic E-state index is 13.1. The van der Waals surface area contributed by atoms with Crippen molar-refractivity contribution in [2.75, 3.05) is 23.3 Å². The zero-order valence-corrected chi connectivity index (χ0v) is 15.9. The van der Waals surface area contributed by atoms with Gasteiger partial charge in [-0.1, -0.05) is 48.6 Å². The number of nitrogens with zero attached hydrogens (tertiary/aromatic N) is 1. The molecule has 1 saturated heterocycles. The highest BCUT2D eigenvalue weighted by molar-refractivity contribution is 6.11. The average Bonchev–Trinajstić information content (AvgIpc) is 3.25. The van der Waals surface area contributed by atoms with Crippen LogP contribution in [-0.2, 0) is 4.79 Å². The first-order valence-corrected chi connectivity index (χ1v) is 9.85. The Morgan fingerprint density at radius 2 is 1.78 bits per heavy atom. The Kier molecular flexibility index (Phi) is 5.10. The molecule has 1 aliphatic heterocycles. The summed E-state index contributed by atoms with van der Waals surface area (Å²) in [7, 11) is 0. The van der Waals surface area contributed by atoms with Crippen molar-refractivity contribution >= 4 is 22.9 Å². The Morgan fingerprint density at radius 1 is 1.00 bits per heavy atom. The molecule has 2 aromatic rings. The number of carbonyl (C=O) groups is 1. The lowest BCUT2D eigenvalue weighted by atomic mass is 9.91. The molecule has 1 fully saturated rings. The minimum Gasteiger partial charge on any atom is -0.371 e. The van der Waals surface area contributed by atoms with Crippen molar-refractivity contribution in [3.63, 3.8) is 0 Å². The molecule has 3 heteroatoms. The summed E-state index contributed by atoms with van der Waals surface area (Å²) >= 11 is 0. The fourth-order valence-corrected chi connectivity index (χ4v) is 4.07. The van der Waals surface area contributed by atoms with Crippen molar-refractivity contribution < 1.29 is 4.79 Å². The standard InChI is InChI=1S/C24H26N2O/c1-18-22(14-9-15-23(18)26-16-7-8-17-26)25-24(27)21-13-6-5-12-20(21)19-10-3-2-4-11-19/h2-4,6,9-11,13-15H,5,7-8,12,16-17H2,1H3,(H,25,27). The zero-order chi connectivity index (χ0) is 18.6. The number of anilines is 2. The van der Waals surface area contributed by atoms with Crippen LogP contribution in [0.1, 0.15) is 36.8 Å². The molecule has 0 saturated carbocycles. The second-order valence-electron chi connectivity index (χ2n) is 7.30. The molecule has 0 spiro atoms. The van der Waals surface area contributed by atoms with E-state index in [0.29, 0.717) is 0 Å². The normalized spacial score (nSPS) is 16.7. The molecule has 1 heterocycles. The first-order chi connectivity index (χ1) is 13.2. The van der Waals surface area contributed by atoms with Gasteiger partial charge in [-0.15, -0.1) is 0 Å². The Balaban J connectivity index is 1.63. The smallest absolute Gasteiger partial charge is 0.255 e. The predicted octanol–water partition coefficient (Wildman–Crippen LogP) is 5.34. The lowest BCUT2D eigenvalue weighted by Gasteiger charge is -2.22. The summed E-state index contributed by atoms with van der Waals surface area (Å²) in [5, 5.41) is 3.17. The third-order valence-electron chi connectivity index (χ3n) is 5.54. The van der Waals surface area contributed by atoms with E-state index in [9.17, 15) is 4.79 Å². The Morgan fingerprint density at radius 3 is 2.56 bits per heavy atom. The molecule has 1 amide bonds. The van der Waals surface area contributed by atoms with Crippen LogP contribution in [0.15, 0.2) is 66.3 Å². The van der Waals surface area contributed by atoms with Crippen LogP contribution in [-0.4, -0.2) is 19.0 Å². The maximum atomic E-state index is 13.1. The Labute approximate surface area is 161 Å². The molecule has 3 nitrogen and oxygen atoms in total. The van der Waals surface area contributed by atoms with E-state index in [1.807, 2.05) is 36.4 Å². The van der Waals surface area contributed by atoms with Crippen LogP contribution in [0.4, 0.5) is 11.4 Å². The number of nitrogens with one attached hydrogen (secondary N) is 1. The van der Waals surface area contributed by atoms with Crippen LogP contribution in [0.25, 0.3) is 5.57 Å². The zero-order valence-electron chi connectivity index (χ0n) is 15.9. The second-order valence-corrected chi connectivity index (χ2v) is 7.30. The number of benzene rings is 2. The Hall–Kier alpha value is -2.81. The summed E-state index contributed by atoms with van der Waals surface area (Å²) < 4.78 is 0. The van der Waals surface area contributed by atoms with Gasteiger partial charge in [0.25, 0.3) is 5.91 Å². The van der Waals surface area contributed by atoms with Crippen LogP contribution < -0.4 is 10.2 Å². The summed E-state index contributed by atoms with van der Waals surface area (Å²) in [6, 6.07) is 16.4. The number of carbonyl (C=O) groups excluding carboxylic acids is 1. The molecule has 27 heavy (non-hydrogen) atoms. The largest absolute Gasteiger partial charge is 0.371 e. The molecule has 4 rings (SSSR count). The monoisotopic (exact) mass is 358 g/mol. The van der Waals surface area contributed by atoms with Gasteiger partial charge in [-0.2, -0.15) is 0 Å². The highest BCUT2D eigenvalue weighted by Crippen LogP contribution is 2.32. The van der Waals surface area contributed by atoms with Gasteiger partial charge in [0.1, 0.15) is 0 Å². The van der Waals surface area contributed by atoms with Gasteiger partial charge >= 0.3 is 0 Å². The number of hydrogen-bond acceptors (Lipinski definition) is 2. The molecule has 1 N–H and O–H groups in total. The summed E-state index contributed by atoms with van der Waals surface area (Å²) in [6.45, 7) is 4.31. The van der Waals surface area contributed by atoms with Crippen molar-refractivity contribution in [3.8, 4) is 0 Å². The maximum Gasteiger partial charge on any atom is 0.255 e. The van der Waals surface area contributed by atoms with Gasteiger partial charge in [-0.25, -0.2) is 0 Å². The van der Waals surface area contributed by atoms with E-state index < -0.39 is 0 Å². The highest BCUT2D eigenvalue weighted by Gasteiger charge is 2.20. The predicted molar refractivity (Wildman–Crippen MR) is 113 cm³/mol. The van der Waals surface area contributed by atoms with E-state index in [1.165, 1.54) is 18.5 Å². The van der Waals surface area contributed by atoms with Gasteiger partial charge < -0.3 is 10.2 Å². The molecule has 0 radical (unpaired) electrons. The van der Waals surface area contributed by atoms with Crippen LogP contribution in [0.2, 0.25) is 0 Å². The first-order valence-electron chi connectivity index (χ1n) is 9.85. The number of allylic oxidation sites excluding steroid dienone is 2. The van der Waals surface area contributed by atoms with Gasteiger partial charge in [-0.05, 0) is 61.4 Å². The molecule has 2 aliphatic rings. The number of amides is 1.